The molecule has 0 N–H and O–H groups in total. The maximum atomic E-state index is 5.85. The number of anilines is 1. The lowest BCUT2D eigenvalue weighted by molar-refractivity contribution is 0.122. The van der Waals surface area contributed by atoms with Crippen LogP contribution in [-0.4, -0.2) is 51.3 Å². The molecule has 0 bridgehead atoms. The Kier molecular flexibility index (Phi) is 3.36. The Balaban J connectivity index is 1.68. The van der Waals surface area contributed by atoms with Gasteiger partial charge in [-0.25, -0.2) is 4.98 Å². The van der Waals surface area contributed by atoms with Crippen molar-refractivity contribution < 1.29 is 4.74 Å². The van der Waals surface area contributed by atoms with Crippen LogP contribution in [0.2, 0.25) is 5.28 Å². The highest BCUT2D eigenvalue weighted by atomic mass is 35.5. The molecule has 1 aliphatic heterocycles. The van der Waals surface area contributed by atoms with Crippen LogP contribution in [0.4, 0.5) is 5.69 Å². The van der Waals surface area contributed by atoms with E-state index in [9.17, 15) is 0 Å². The van der Waals surface area contributed by atoms with E-state index in [1.807, 2.05) is 12.1 Å². The van der Waals surface area contributed by atoms with E-state index in [-0.39, 0.29) is 5.28 Å². The second kappa shape index (κ2) is 5.51. The average Bonchev–Trinajstić information content (AvgIpc) is 2.99. The molecule has 22 heavy (non-hydrogen) atoms. The van der Waals surface area contributed by atoms with Crippen LogP contribution in [0, 0.1) is 0 Å². The van der Waals surface area contributed by atoms with Gasteiger partial charge in [0.25, 0.3) is 0 Å². The molecule has 1 aliphatic rings. The smallest absolute Gasteiger partial charge is 0.224 e. The van der Waals surface area contributed by atoms with Gasteiger partial charge in [0, 0.05) is 18.8 Å². The lowest BCUT2D eigenvalue weighted by Gasteiger charge is -2.28. The van der Waals surface area contributed by atoms with Crippen LogP contribution < -0.4 is 4.90 Å². The van der Waals surface area contributed by atoms with E-state index in [4.69, 9.17) is 16.3 Å². The summed E-state index contributed by atoms with van der Waals surface area (Å²) in [5.41, 5.74) is 3.26. The fourth-order valence-corrected chi connectivity index (χ4v) is 2.64. The zero-order chi connectivity index (χ0) is 14.9. The van der Waals surface area contributed by atoms with Gasteiger partial charge in [0.1, 0.15) is 0 Å². The Morgan fingerprint density at radius 3 is 2.55 bits per heavy atom. The Labute approximate surface area is 131 Å². The second-order valence-electron chi connectivity index (χ2n) is 4.96. The fraction of sp³-hybridized carbons (Fsp3) is 0.286. The summed E-state index contributed by atoms with van der Waals surface area (Å²) in [7, 11) is 0. The van der Waals surface area contributed by atoms with E-state index in [1.165, 1.54) is 5.69 Å². The zero-order valence-electron chi connectivity index (χ0n) is 11.7. The third kappa shape index (κ3) is 2.38. The summed E-state index contributed by atoms with van der Waals surface area (Å²) in [6.45, 7) is 3.36. The number of halogens is 1. The predicted molar refractivity (Wildman–Crippen MR) is 82.5 cm³/mol. The molecule has 112 valence electrons. The van der Waals surface area contributed by atoms with Gasteiger partial charge in [-0.3, -0.25) is 0 Å². The average molecular weight is 317 g/mol. The van der Waals surface area contributed by atoms with Crippen LogP contribution in [0.5, 0.6) is 0 Å². The number of morpholine rings is 1. The minimum absolute atomic E-state index is 0.181. The Bertz CT molecular complexity index is 797. The molecule has 8 heteroatoms. The van der Waals surface area contributed by atoms with E-state index in [0.717, 1.165) is 32.0 Å². The van der Waals surface area contributed by atoms with E-state index >= 15 is 0 Å². The summed E-state index contributed by atoms with van der Waals surface area (Å²) < 4.78 is 7.03. The Hall–Kier alpha value is -2.25. The maximum Gasteiger partial charge on any atom is 0.224 e. The van der Waals surface area contributed by atoms with Crippen molar-refractivity contribution in [3.05, 3.63) is 35.7 Å². The molecule has 7 nitrogen and oxygen atoms in total. The van der Waals surface area contributed by atoms with E-state index in [0.29, 0.717) is 11.2 Å². The Morgan fingerprint density at radius 2 is 1.77 bits per heavy atom. The standard InChI is InChI=1S/C14H13ClN6O/c15-14-16-9-12-13(17-14)21(19-18-12)11-3-1-10(2-4-11)20-5-7-22-8-6-20/h1-4,9H,5-8H2. The summed E-state index contributed by atoms with van der Waals surface area (Å²) in [5, 5.41) is 8.35. The fourth-order valence-electron chi connectivity index (χ4n) is 2.51. The summed E-state index contributed by atoms with van der Waals surface area (Å²) in [5.74, 6) is 0. The molecule has 3 aromatic rings. The van der Waals surface area contributed by atoms with Crippen LogP contribution in [0.3, 0.4) is 0 Å². The quantitative estimate of drug-likeness (QED) is 0.670. The highest BCUT2D eigenvalue weighted by Gasteiger charge is 2.13. The molecule has 0 saturated carbocycles. The van der Waals surface area contributed by atoms with Gasteiger partial charge >= 0.3 is 0 Å². The van der Waals surface area contributed by atoms with Gasteiger partial charge in [-0.1, -0.05) is 5.21 Å². The first-order chi connectivity index (χ1) is 10.8. The van der Waals surface area contributed by atoms with Gasteiger partial charge in [-0.05, 0) is 35.9 Å². The summed E-state index contributed by atoms with van der Waals surface area (Å²) in [6, 6.07) is 8.12. The number of hydrogen-bond acceptors (Lipinski definition) is 6. The van der Waals surface area contributed by atoms with Crippen LogP contribution in [0.15, 0.2) is 30.5 Å². The van der Waals surface area contributed by atoms with Gasteiger partial charge in [-0.2, -0.15) is 9.67 Å². The summed E-state index contributed by atoms with van der Waals surface area (Å²) in [6.07, 6.45) is 1.57. The first-order valence-electron chi connectivity index (χ1n) is 6.98. The molecule has 0 atom stereocenters. The second-order valence-corrected chi connectivity index (χ2v) is 5.30. The molecule has 0 aliphatic carbocycles. The molecule has 0 unspecified atom stereocenters. The van der Waals surface area contributed by atoms with Crippen molar-refractivity contribution in [1.29, 1.82) is 0 Å². The van der Waals surface area contributed by atoms with E-state index < -0.39 is 0 Å². The van der Waals surface area contributed by atoms with Crippen LogP contribution >= 0.6 is 11.6 Å². The number of fused-ring (bicyclic) bond motifs is 1. The number of benzene rings is 1. The van der Waals surface area contributed by atoms with Crippen molar-refractivity contribution in [1.82, 2.24) is 25.0 Å². The third-order valence-corrected chi connectivity index (χ3v) is 3.82. The number of ether oxygens (including phenoxy) is 1. The largest absolute Gasteiger partial charge is 0.378 e. The molecule has 0 amide bonds. The lowest BCUT2D eigenvalue weighted by atomic mass is 10.2. The van der Waals surface area contributed by atoms with Crippen molar-refractivity contribution in [2.75, 3.05) is 31.2 Å². The molecule has 2 aromatic heterocycles. The first-order valence-corrected chi connectivity index (χ1v) is 7.36. The van der Waals surface area contributed by atoms with Gasteiger partial charge in [0.2, 0.25) is 5.28 Å². The van der Waals surface area contributed by atoms with Gasteiger partial charge in [0.05, 0.1) is 25.1 Å². The molecule has 1 fully saturated rings. The molecule has 1 aromatic carbocycles. The number of hydrogen-bond donors (Lipinski definition) is 0. The van der Waals surface area contributed by atoms with E-state index in [1.54, 1.807) is 10.9 Å². The minimum Gasteiger partial charge on any atom is -0.378 e. The SMILES string of the molecule is Clc1ncc2nnn(-c3ccc(N4CCOCC4)cc3)c2n1. The predicted octanol–water partition coefficient (Wildman–Crippen LogP) is 1.70. The normalized spacial score (nSPS) is 15.4. The molecular weight excluding hydrogens is 304 g/mol. The van der Waals surface area contributed by atoms with Crippen LogP contribution in [0.1, 0.15) is 0 Å². The number of rotatable bonds is 2. The molecule has 0 spiro atoms. The van der Waals surface area contributed by atoms with Crippen molar-refractivity contribution >= 4 is 28.5 Å². The van der Waals surface area contributed by atoms with Crippen LogP contribution in [0.25, 0.3) is 16.9 Å². The molecule has 0 radical (unpaired) electrons. The van der Waals surface area contributed by atoms with Crippen molar-refractivity contribution in [3.8, 4) is 5.69 Å². The molecular formula is C14H13ClN6O. The molecule has 4 rings (SSSR count). The first kappa shape index (κ1) is 13.4. The van der Waals surface area contributed by atoms with Crippen molar-refractivity contribution in [2.45, 2.75) is 0 Å². The van der Waals surface area contributed by atoms with Crippen molar-refractivity contribution in [3.63, 3.8) is 0 Å². The Morgan fingerprint density at radius 1 is 1.05 bits per heavy atom. The van der Waals surface area contributed by atoms with Gasteiger partial charge in [-0.15, -0.1) is 5.10 Å². The highest BCUT2D eigenvalue weighted by molar-refractivity contribution is 6.28. The highest BCUT2D eigenvalue weighted by Crippen LogP contribution is 2.20. The van der Waals surface area contributed by atoms with Gasteiger partial charge < -0.3 is 9.64 Å². The molecule has 1 saturated heterocycles. The number of aromatic nitrogens is 5. The maximum absolute atomic E-state index is 5.85. The monoisotopic (exact) mass is 316 g/mol. The van der Waals surface area contributed by atoms with Crippen molar-refractivity contribution in [2.24, 2.45) is 0 Å². The van der Waals surface area contributed by atoms with Crippen LogP contribution in [-0.2, 0) is 4.74 Å². The lowest BCUT2D eigenvalue weighted by Crippen LogP contribution is -2.36. The summed E-state index contributed by atoms with van der Waals surface area (Å²) >= 11 is 5.85. The number of nitrogens with zero attached hydrogens (tertiary/aromatic N) is 6. The third-order valence-electron chi connectivity index (χ3n) is 3.63. The zero-order valence-corrected chi connectivity index (χ0v) is 12.4. The van der Waals surface area contributed by atoms with Gasteiger partial charge in [0.15, 0.2) is 11.2 Å². The van der Waals surface area contributed by atoms with E-state index in [2.05, 4.69) is 37.3 Å². The molecule has 3 heterocycles. The summed E-state index contributed by atoms with van der Waals surface area (Å²) in [4.78, 5) is 10.4. The minimum atomic E-state index is 0.181. The topological polar surface area (TPSA) is 69.0 Å².